The zero-order valence-electron chi connectivity index (χ0n) is 9.27. The summed E-state index contributed by atoms with van der Waals surface area (Å²) in [6, 6.07) is 1.23. The summed E-state index contributed by atoms with van der Waals surface area (Å²) in [5.74, 6) is -2.92. The number of hydrogen-bond donors (Lipinski definition) is 2. The minimum absolute atomic E-state index is 0.0759. The molecule has 0 heterocycles. The first-order valence-corrected chi connectivity index (χ1v) is 5.61. The van der Waals surface area contributed by atoms with E-state index >= 15 is 0 Å². The van der Waals surface area contributed by atoms with Crippen LogP contribution in [0.15, 0.2) is 12.1 Å². The van der Waals surface area contributed by atoms with Gasteiger partial charge in [-0.2, -0.15) is 0 Å². The van der Waals surface area contributed by atoms with E-state index in [0.29, 0.717) is 25.0 Å². The molecule has 0 aliphatic heterocycles. The third-order valence-corrected chi connectivity index (χ3v) is 3.14. The molecule has 0 amide bonds. The molecule has 1 saturated carbocycles. The smallest absolute Gasteiger partial charge is 0.152 e. The predicted octanol–water partition coefficient (Wildman–Crippen LogP) is 2.82. The summed E-state index contributed by atoms with van der Waals surface area (Å²) in [5.41, 5.74) is -1.29. The van der Waals surface area contributed by atoms with Crippen molar-refractivity contribution in [3.05, 3.63) is 29.6 Å². The minimum Gasteiger partial charge on any atom is -0.388 e. The normalized spacial score (nSPS) is 18.4. The monoisotopic (exact) mass is 245 g/mol. The summed E-state index contributed by atoms with van der Waals surface area (Å²) >= 11 is 0. The van der Waals surface area contributed by atoms with E-state index in [9.17, 15) is 18.3 Å². The maximum absolute atomic E-state index is 13.3. The standard InChI is InChI=1S/C12H14F3NO/c13-8-5-9(14)11(10(15)6-8)16-7-12(17)3-1-2-4-12/h5-6,16-17H,1-4,7H2. The molecular formula is C12H14F3NO. The van der Waals surface area contributed by atoms with Crippen LogP contribution in [0.25, 0.3) is 0 Å². The Morgan fingerprint density at radius 2 is 1.65 bits per heavy atom. The molecule has 0 unspecified atom stereocenters. The summed E-state index contributed by atoms with van der Waals surface area (Å²) in [7, 11) is 0. The SMILES string of the molecule is OC1(CNc2c(F)cc(F)cc2F)CCCC1. The average molecular weight is 245 g/mol. The van der Waals surface area contributed by atoms with E-state index in [1.54, 1.807) is 0 Å². The molecule has 0 spiro atoms. The number of aliphatic hydroxyl groups is 1. The van der Waals surface area contributed by atoms with E-state index in [1.807, 2.05) is 0 Å². The van der Waals surface area contributed by atoms with E-state index < -0.39 is 23.1 Å². The van der Waals surface area contributed by atoms with Crippen LogP contribution in [0.1, 0.15) is 25.7 Å². The van der Waals surface area contributed by atoms with Gasteiger partial charge < -0.3 is 10.4 Å². The van der Waals surface area contributed by atoms with Gasteiger partial charge in [0.05, 0.1) is 5.60 Å². The van der Waals surface area contributed by atoms with Crippen molar-refractivity contribution >= 4 is 5.69 Å². The molecule has 0 atom stereocenters. The lowest BCUT2D eigenvalue weighted by Gasteiger charge is -2.23. The highest BCUT2D eigenvalue weighted by Crippen LogP contribution is 2.30. The van der Waals surface area contributed by atoms with Gasteiger partial charge in [-0.25, -0.2) is 13.2 Å². The zero-order chi connectivity index (χ0) is 12.5. The fourth-order valence-corrected chi connectivity index (χ4v) is 2.17. The van der Waals surface area contributed by atoms with Gasteiger partial charge in [0.25, 0.3) is 0 Å². The van der Waals surface area contributed by atoms with Gasteiger partial charge >= 0.3 is 0 Å². The van der Waals surface area contributed by atoms with E-state index in [0.717, 1.165) is 12.8 Å². The first-order chi connectivity index (χ1) is 8.00. The topological polar surface area (TPSA) is 32.3 Å². The summed E-state index contributed by atoms with van der Waals surface area (Å²) in [5, 5.41) is 12.5. The van der Waals surface area contributed by atoms with Crippen LogP contribution in [0.5, 0.6) is 0 Å². The van der Waals surface area contributed by atoms with Gasteiger partial charge in [-0.05, 0) is 12.8 Å². The largest absolute Gasteiger partial charge is 0.388 e. The molecule has 2 nitrogen and oxygen atoms in total. The zero-order valence-corrected chi connectivity index (χ0v) is 9.27. The van der Waals surface area contributed by atoms with Crippen LogP contribution >= 0.6 is 0 Å². The molecule has 2 N–H and O–H groups in total. The van der Waals surface area contributed by atoms with Crippen molar-refractivity contribution in [2.24, 2.45) is 0 Å². The molecular weight excluding hydrogens is 231 g/mol. The molecule has 1 aromatic rings. The molecule has 1 fully saturated rings. The molecule has 94 valence electrons. The van der Waals surface area contributed by atoms with Gasteiger partial charge in [0, 0.05) is 18.7 Å². The number of hydrogen-bond acceptors (Lipinski definition) is 2. The Morgan fingerprint density at radius 3 is 2.18 bits per heavy atom. The van der Waals surface area contributed by atoms with Crippen LogP contribution in [0.3, 0.4) is 0 Å². The van der Waals surface area contributed by atoms with Gasteiger partial charge in [-0.15, -0.1) is 0 Å². The fraction of sp³-hybridized carbons (Fsp3) is 0.500. The first kappa shape index (κ1) is 12.2. The molecule has 5 heteroatoms. The second-order valence-electron chi connectivity index (χ2n) is 4.53. The van der Waals surface area contributed by atoms with Crippen molar-refractivity contribution in [2.75, 3.05) is 11.9 Å². The molecule has 1 aromatic carbocycles. The molecule has 17 heavy (non-hydrogen) atoms. The maximum Gasteiger partial charge on any atom is 0.152 e. The lowest BCUT2D eigenvalue weighted by molar-refractivity contribution is 0.0613. The number of anilines is 1. The molecule has 0 bridgehead atoms. The number of rotatable bonds is 3. The van der Waals surface area contributed by atoms with Gasteiger partial charge in [0.15, 0.2) is 11.6 Å². The van der Waals surface area contributed by atoms with Crippen molar-refractivity contribution in [2.45, 2.75) is 31.3 Å². The van der Waals surface area contributed by atoms with Crippen molar-refractivity contribution < 1.29 is 18.3 Å². The maximum atomic E-state index is 13.3. The second kappa shape index (κ2) is 4.56. The Morgan fingerprint density at radius 1 is 1.12 bits per heavy atom. The van der Waals surface area contributed by atoms with Crippen LogP contribution in [-0.4, -0.2) is 17.3 Å². The van der Waals surface area contributed by atoms with Gasteiger partial charge in [0.2, 0.25) is 0 Å². The summed E-state index contributed by atoms with van der Waals surface area (Å²) in [6.07, 6.45) is 3.05. The lowest BCUT2D eigenvalue weighted by Crippen LogP contribution is -2.33. The van der Waals surface area contributed by atoms with Gasteiger partial charge in [0.1, 0.15) is 11.5 Å². The number of halogens is 3. The highest BCUT2D eigenvalue weighted by atomic mass is 19.1. The molecule has 1 aliphatic rings. The Hall–Kier alpha value is -1.23. The van der Waals surface area contributed by atoms with Gasteiger partial charge in [-0.3, -0.25) is 0 Å². The Bertz CT molecular complexity index is 393. The van der Waals surface area contributed by atoms with Crippen molar-refractivity contribution in [1.82, 2.24) is 0 Å². The van der Waals surface area contributed by atoms with Crippen molar-refractivity contribution in [1.29, 1.82) is 0 Å². The number of benzene rings is 1. The third kappa shape index (κ3) is 2.72. The highest BCUT2D eigenvalue weighted by Gasteiger charge is 2.31. The van der Waals surface area contributed by atoms with E-state index in [1.165, 1.54) is 0 Å². The number of nitrogens with one attached hydrogen (secondary N) is 1. The second-order valence-corrected chi connectivity index (χ2v) is 4.53. The summed E-state index contributed by atoms with van der Waals surface area (Å²) in [4.78, 5) is 0. The molecule has 2 rings (SSSR count). The van der Waals surface area contributed by atoms with Crippen LogP contribution in [0, 0.1) is 17.5 Å². The van der Waals surface area contributed by atoms with Crippen LogP contribution < -0.4 is 5.32 Å². The van der Waals surface area contributed by atoms with Crippen LogP contribution in [0.4, 0.5) is 18.9 Å². The molecule has 0 radical (unpaired) electrons. The average Bonchev–Trinajstić information content (AvgIpc) is 2.64. The van der Waals surface area contributed by atoms with Crippen molar-refractivity contribution in [3.63, 3.8) is 0 Å². The van der Waals surface area contributed by atoms with Gasteiger partial charge in [-0.1, -0.05) is 12.8 Å². The molecule has 1 aliphatic carbocycles. The predicted molar refractivity (Wildman–Crippen MR) is 58.2 cm³/mol. The first-order valence-electron chi connectivity index (χ1n) is 5.61. The van der Waals surface area contributed by atoms with E-state index in [-0.39, 0.29) is 12.2 Å². The van der Waals surface area contributed by atoms with E-state index in [4.69, 9.17) is 0 Å². The van der Waals surface area contributed by atoms with E-state index in [2.05, 4.69) is 5.32 Å². The Balaban J connectivity index is 2.08. The lowest BCUT2D eigenvalue weighted by atomic mass is 10.0. The molecule has 0 saturated heterocycles. The van der Waals surface area contributed by atoms with Crippen LogP contribution in [-0.2, 0) is 0 Å². The van der Waals surface area contributed by atoms with Crippen molar-refractivity contribution in [3.8, 4) is 0 Å². The minimum atomic E-state index is -0.982. The Kier molecular flexibility index (Phi) is 3.28. The summed E-state index contributed by atoms with van der Waals surface area (Å²) < 4.78 is 39.2. The van der Waals surface area contributed by atoms with Crippen LogP contribution in [0.2, 0.25) is 0 Å². The summed E-state index contributed by atoms with van der Waals surface area (Å²) in [6.45, 7) is 0.0759. The Labute approximate surface area is 97.5 Å². The third-order valence-electron chi connectivity index (χ3n) is 3.14. The molecule has 0 aromatic heterocycles. The fourth-order valence-electron chi connectivity index (χ4n) is 2.17. The highest BCUT2D eigenvalue weighted by molar-refractivity contribution is 5.46. The quantitative estimate of drug-likeness (QED) is 0.858.